The van der Waals surface area contributed by atoms with Gasteiger partial charge in [0.1, 0.15) is 0 Å². The standard InChI is InChI=1S/C32H26/c1-31(22-27(23-14-6-3-7-15-23)26-20-12-13-21-28(26)31)32(2)29(24-16-8-4-9-17-24)30(32)25-18-10-5-11-19-25/h3-22H,1-2H3. The molecule has 6 rings (SSSR count). The van der Waals surface area contributed by atoms with E-state index >= 15 is 0 Å². The number of hydrogen-bond acceptors (Lipinski definition) is 0. The molecule has 0 aromatic heterocycles. The van der Waals surface area contributed by atoms with Crippen molar-refractivity contribution in [2.75, 3.05) is 0 Å². The Morgan fingerprint density at radius 1 is 0.469 bits per heavy atom. The second kappa shape index (κ2) is 6.93. The van der Waals surface area contributed by atoms with Gasteiger partial charge < -0.3 is 0 Å². The van der Waals surface area contributed by atoms with Crippen molar-refractivity contribution in [3.05, 3.63) is 149 Å². The number of benzene rings is 4. The maximum Gasteiger partial charge on any atom is 0.0322 e. The van der Waals surface area contributed by atoms with E-state index in [0.29, 0.717) is 0 Å². The molecule has 0 radical (unpaired) electrons. The summed E-state index contributed by atoms with van der Waals surface area (Å²) < 4.78 is 0. The van der Waals surface area contributed by atoms with Crippen molar-refractivity contribution in [3.63, 3.8) is 0 Å². The van der Waals surface area contributed by atoms with E-state index in [1.165, 1.54) is 44.5 Å². The van der Waals surface area contributed by atoms with Crippen LogP contribution in [0.2, 0.25) is 0 Å². The predicted octanol–water partition coefficient (Wildman–Crippen LogP) is 8.02. The summed E-state index contributed by atoms with van der Waals surface area (Å²) in [6, 6.07) is 41.6. The number of allylic oxidation sites excluding steroid dienone is 3. The van der Waals surface area contributed by atoms with Crippen molar-refractivity contribution in [1.82, 2.24) is 0 Å². The van der Waals surface area contributed by atoms with Crippen LogP contribution in [0.5, 0.6) is 0 Å². The van der Waals surface area contributed by atoms with Crippen LogP contribution in [0.15, 0.2) is 121 Å². The lowest BCUT2D eigenvalue weighted by atomic mass is 9.66. The molecule has 0 spiro atoms. The third-order valence-electron chi connectivity index (χ3n) is 7.65. The maximum absolute atomic E-state index is 2.53. The van der Waals surface area contributed by atoms with Crippen LogP contribution < -0.4 is 0 Å². The molecule has 4 aromatic rings. The van der Waals surface area contributed by atoms with Gasteiger partial charge in [0.2, 0.25) is 0 Å². The van der Waals surface area contributed by atoms with E-state index in [2.05, 4.69) is 135 Å². The minimum Gasteiger partial charge on any atom is -0.0645 e. The van der Waals surface area contributed by atoms with Gasteiger partial charge in [-0.2, -0.15) is 0 Å². The van der Waals surface area contributed by atoms with Gasteiger partial charge in [-0.05, 0) is 44.5 Å². The highest BCUT2D eigenvalue weighted by atomic mass is 14.6. The van der Waals surface area contributed by atoms with Gasteiger partial charge >= 0.3 is 0 Å². The Balaban J connectivity index is 1.58. The summed E-state index contributed by atoms with van der Waals surface area (Å²) in [5, 5.41) is 0. The lowest BCUT2D eigenvalue weighted by molar-refractivity contribution is 0.428. The van der Waals surface area contributed by atoms with Crippen molar-refractivity contribution < 1.29 is 0 Å². The molecule has 1 atom stereocenters. The maximum atomic E-state index is 2.53. The first-order valence-corrected chi connectivity index (χ1v) is 11.4. The van der Waals surface area contributed by atoms with Crippen molar-refractivity contribution >= 4 is 16.7 Å². The average Bonchev–Trinajstić information content (AvgIpc) is 3.39. The number of fused-ring (bicyclic) bond motifs is 1. The summed E-state index contributed by atoms with van der Waals surface area (Å²) in [5.74, 6) is 0. The van der Waals surface area contributed by atoms with E-state index in [1.807, 2.05) is 0 Å². The molecule has 1 unspecified atom stereocenters. The lowest BCUT2D eigenvalue weighted by Gasteiger charge is -2.35. The highest BCUT2D eigenvalue weighted by Crippen LogP contribution is 2.73. The second-order valence-electron chi connectivity index (χ2n) is 9.28. The Kier molecular flexibility index (Phi) is 4.13. The van der Waals surface area contributed by atoms with Crippen LogP contribution in [0.3, 0.4) is 0 Å². The van der Waals surface area contributed by atoms with Crippen molar-refractivity contribution in [3.8, 4) is 0 Å². The molecule has 0 nitrogen and oxygen atoms in total. The molecule has 0 heteroatoms. The van der Waals surface area contributed by atoms with Crippen LogP contribution in [0.4, 0.5) is 0 Å². The van der Waals surface area contributed by atoms with Crippen LogP contribution in [0.25, 0.3) is 16.7 Å². The largest absolute Gasteiger partial charge is 0.0645 e. The van der Waals surface area contributed by atoms with Gasteiger partial charge in [-0.1, -0.05) is 135 Å². The molecule has 4 aromatic carbocycles. The van der Waals surface area contributed by atoms with Crippen LogP contribution in [-0.2, 0) is 5.41 Å². The first kappa shape index (κ1) is 19.1. The topological polar surface area (TPSA) is 0 Å². The minimum atomic E-state index is -0.134. The van der Waals surface area contributed by atoms with Crippen LogP contribution in [0, 0.1) is 5.41 Å². The third kappa shape index (κ3) is 2.56. The van der Waals surface area contributed by atoms with Crippen molar-refractivity contribution in [2.45, 2.75) is 19.3 Å². The summed E-state index contributed by atoms with van der Waals surface area (Å²) in [6.07, 6.45) is 2.53. The van der Waals surface area contributed by atoms with E-state index in [4.69, 9.17) is 0 Å². The fourth-order valence-electron chi connectivity index (χ4n) is 5.86. The third-order valence-corrected chi connectivity index (χ3v) is 7.65. The Morgan fingerprint density at radius 3 is 1.44 bits per heavy atom. The van der Waals surface area contributed by atoms with Gasteiger partial charge in [0.25, 0.3) is 0 Å². The molecule has 0 saturated carbocycles. The fraction of sp³-hybridized carbons (Fsp3) is 0.125. The zero-order valence-electron chi connectivity index (χ0n) is 18.5. The van der Waals surface area contributed by atoms with Crippen molar-refractivity contribution in [1.29, 1.82) is 0 Å². The smallest absolute Gasteiger partial charge is 0.0322 e. The molecule has 0 fully saturated rings. The molecular formula is C32H26. The molecular weight excluding hydrogens is 384 g/mol. The Bertz CT molecular complexity index is 1310. The van der Waals surface area contributed by atoms with E-state index in [-0.39, 0.29) is 10.8 Å². The molecule has 0 bridgehead atoms. The predicted molar refractivity (Wildman–Crippen MR) is 135 cm³/mol. The van der Waals surface area contributed by atoms with E-state index in [9.17, 15) is 0 Å². The van der Waals surface area contributed by atoms with E-state index in [0.717, 1.165) is 0 Å². The first-order chi connectivity index (χ1) is 15.6. The Labute approximate surface area is 190 Å². The fourth-order valence-corrected chi connectivity index (χ4v) is 5.86. The summed E-state index contributed by atoms with van der Waals surface area (Å²) in [5.41, 5.74) is 10.8. The molecule has 0 aliphatic heterocycles. The molecule has 0 heterocycles. The molecule has 32 heavy (non-hydrogen) atoms. The SMILES string of the molecule is CC1(C2(C)C=C(c3ccccc3)c3ccccc32)C(c2ccccc2)=C1c1ccccc1. The first-order valence-electron chi connectivity index (χ1n) is 11.4. The Hall–Kier alpha value is -3.64. The molecule has 2 aliphatic rings. The van der Waals surface area contributed by atoms with Crippen LogP contribution in [-0.4, -0.2) is 0 Å². The number of rotatable bonds is 4. The van der Waals surface area contributed by atoms with E-state index in [1.54, 1.807) is 0 Å². The Morgan fingerprint density at radius 2 is 0.906 bits per heavy atom. The molecule has 0 saturated heterocycles. The van der Waals surface area contributed by atoms with E-state index < -0.39 is 0 Å². The zero-order valence-corrected chi connectivity index (χ0v) is 18.5. The van der Waals surface area contributed by atoms with Gasteiger partial charge in [-0.25, -0.2) is 0 Å². The summed E-state index contributed by atoms with van der Waals surface area (Å²) in [6.45, 7) is 4.87. The average molecular weight is 411 g/mol. The van der Waals surface area contributed by atoms with Crippen LogP contribution >= 0.6 is 0 Å². The van der Waals surface area contributed by atoms with Gasteiger partial charge in [0.15, 0.2) is 0 Å². The van der Waals surface area contributed by atoms with Crippen LogP contribution in [0.1, 0.15) is 41.7 Å². The lowest BCUT2D eigenvalue weighted by Crippen LogP contribution is -2.31. The second-order valence-corrected chi connectivity index (χ2v) is 9.28. The normalized spacial score (nSPS) is 20.6. The summed E-state index contributed by atoms with van der Waals surface area (Å²) in [4.78, 5) is 0. The van der Waals surface area contributed by atoms with Gasteiger partial charge in [-0.3, -0.25) is 0 Å². The molecule has 0 amide bonds. The van der Waals surface area contributed by atoms with Gasteiger partial charge in [0.05, 0.1) is 0 Å². The van der Waals surface area contributed by atoms with Gasteiger partial charge in [-0.15, -0.1) is 0 Å². The summed E-state index contributed by atoms with van der Waals surface area (Å²) in [7, 11) is 0. The van der Waals surface area contributed by atoms with Gasteiger partial charge in [0, 0.05) is 10.8 Å². The molecule has 2 aliphatic carbocycles. The van der Waals surface area contributed by atoms with Crippen molar-refractivity contribution in [2.24, 2.45) is 5.41 Å². The molecule has 154 valence electrons. The minimum absolute atomic E-state index is 0.0810. The summed E-state index contributed by atoms with van der Waals surface area (Å²) >= 11 is 0. The highest BCUT2D eigenvalue weighted by molar-refractivity contribution is 6.16. The quantitative estimate of drug-likeness (QED) is 0.319. The molecule has 0 N–H and O–H groups in total. The zero-order chi connectivity index (χ0) is 21.8. The monoisotopic (exact) mass is 410 g/mol. The number of hydrogen-bond donors (Lipinski definition) is 0. The highest BCUT2D eigenvalue weighted by Gasteiger charge is 2.62.